The molecule has 0 unspecified atom stereocenters. The van der Waals surface area contributed by atoms with Gasteiger partial charge < -0.3 is 29.6 Å². The second kappa shape index (κ2) is 11.6. The third-order valence-corrected chi connectivity index (χ3v) is 4.19. The molecular formula is C21H28IN3O4. The van der Waals surface area contributed by atoms with Crippen molar-refractivity contribution in [1.82, 2.24) is 10.6 Å². The van der Waals surface area contributed by atoms with Gasteiger partial charge >= 0.3 is 0 Å². The summed E-state index contributed by atoms with van der Waals surface area (Å²) in [7, 11) is 1.64. The van der Waals surface area contributed by atoms with E-state index in [9.17, 15) is 0 Å². The van der Waals surface area contributed by atoms with Crippen LogP contribution in [0, 0.1) is 0 Å². The van der Waals surface area contributed by atoms with Crippen molar-refractivity contribution in [2.45, 2.75) is 26.9 Å². The molecule has 8 heteroatoms. The number of benzene rings is 2. The summed E-state index contributed by atoms with van der Waals surface area (Å²) in [6, 6.07) is 11.8. The number of hydrogen-bond donors (Lipinski definition) is 2. The number of halogens is 1. The summed E-state index contributed by atoms with van der Waals surface area (Å²) < 4.78 is 21.8. The summed E-state index contributed by atoms with van der Waals surface area (Å²) >= 11 is 0. The summed E-state index contributed by atoms with van der Waals surface area (Å²) in [5.41, 5.74) is 2.14. The van der Waals surface area contributed by atoms with Crippen LogP contribution in [0.25, 0.3) is 0 Å². The molecule has 1 heterocycles. The maximum atomic E-state index is 5.64. The molecule has 0 bridgehead atoms. The molecule has 0 saturated heterocycles. The minimum absolute atomic E-state index is 0. The van der Waals surface area contributed by atoms with Crippen LogP contribution in [0.15, 0.2) is 41.4 Å². The number of hydrogen-bond acceptors (Lipinski definition) is 5. The lowest BCUT2D eigenvalue weighted by Gasteiger charge is -2.13. The number of nitrogens with zero attached hydrogens (tertiary/aromatic N) is 1. The normalized spacial score (nSPS) is 12.2. The van der Waals surface area contributed by atoms with Gasteiger partial charge in [-0.05, 0) is 49.2 Å². The van der Waals surface area contributed by atoms with Gasteiger partial charge in [0.1, 0.15) is 0 Å². The summed E-state index contributed by atoms with van der Waals surface area (Å²) in [6.45, 7) is 6.80. The van der Waals surface area contributed by atoms with E-state index in [0.29, 0.717) is 19.7 Å². The molecule has 0 spiro atoms. The zero-order valence-electron chi connectivity index (χ0n) is 17.0. The Labute approximate surface area is 188 Å². The highest BCUT2D eigenvalue weighted by molar-refractivity contribution is 14.0. The SMILES string of the molecule is CCNC(=NCc1ccc(OC)c(OCC)c1)NCc1ccc2c(c1)OCO2.I. The number of aliphatic imine (C=N–C) groups is 1. The summed E-state index contributed by atoms with van der Waals surface area (Å²) in [5, 5.41) is 6.61. The first-order chi connectivity index (χ1) is 13.7. The highest BCUT2D eigenvalue weighted by Gasteiger charge is 2.13. The molecule has 1 aliphatic rings. The van der Waals surface area contributed by atoms with Gasteiger partial charge in [-0.25, -0.2) is 4.99 Å². The van der Waals surface area contributed by atoms with Crippen LogP contribution in [0.1, 0.15) is 25.0 Å². The molecule has 2 N–H and O–H groups in total. The van der Waals surface area contributed by atoms with Crippen molar-refractivity contribution in [2.75, 3.05) is 27.1 Å². The number of ether oxygens (including phenoxy) is 4. The van der Waals surface area contributed by atoms with E-state index in [1.54, 1.807) is 7.11 Å². The van der Waals surface area contributed by atoms with Crippen molar-refractivity contribution in [3.63, 3.8) is 0 Å². The topological polar surface area (TPSA) is 73.3 Å². The van der Waals surface area contributed by atoms with Crippen LogP contribution >= 0.6 is 24.0 Å². The zero-order chi connectivity index (χ0) is 19.8. The summed E-state index contributed by atoms with van der Waals surface area (Å²) in [4.78, 5) is 4.67. The quantitative estimate of drug-likeness (QED) is 0.319. The molecule has 0 radical (unpaired) electrons. The second-order valence-electron chi connectivity index (χ2n) is 6.15. The van der Waals surface area contributed by atoms with E-state index in [2.05, 4.69) is 15.6 Å². The number of nitrogens with one attached hydrogen (secondary N) is 2. The molecule has 0 aliphatic carbocycles. The Bertz CT molecular complexity index is 830. The number of methoxy groups -OCH3 is 1. The van der Waals surface area contributed by atoms with Crippen molar-refractivity contribution < 1.29 is 18.9 Å². The van der Waals surface area contributed by atoms with E-state index < -0.39 is 0 Å². The van der Waals surface area contributed by atoms with Crippen molar-refractivity contribution in [3.8, 4) is 23.0 Å². The smallest absolute Gasteiger partial charge is 0.231 e. The molecule has 3 rings (SSSR count). The first-order valence-corrected chi connectivity index (χ1v) is 9.44. The maximum absolute atomic E-state index is 5.64. The molecule has 0 amide bonds. The van der Waals surface area contributed by atoms with Gasteiger partial charge in [-0.15, -0.1) is 24.0 Å². The molecule has 1 aliphatic heterocycles. The molecule has 0 saturated carbocycles. The van der Waals surface area contributed by atoms with E-state index in [1.165, 1.54) is 0 Å². The second-order valence-corrected chi connectivity index (χ2v) is 6.15. The van der Waals surface area contributed by atoms with Crippen molar-refractivity contribution in [2.24, 2.45) is 4.99 Å². The molecule has 2 aromatic rings. The fraction of sp³-hybridized carbons (Fsp3) is 0.381. The summed E-state index contributed by atoms with van der Waals surface area (Å²) in [5.74, 6) is 3.77. The monoisotopic (exact) mass is 513 g/mol. The number of fused-ring (bicyclic) bond motifs is 1. The molecule has 158 valence electrons. The van der Waals surface area contributed by atoms with Crippen molar-refractivity contribution in [3.05, 3.63) is 47.5 Å². The fourth-order valence-corrected chi connectivity index (χ4v) is 2.84. The molecule has 2 aromatic carbocycles. The zero-order valence-corrected chi connectivity index (χ0v) is 19.3. The first kappa shape index (κ1) is 22.9. The Morgan fingerprint density at radius 2 is 1.79 bits per heavy atom. The molecular weight excluding hydrogens is 485 g/mol. The number of rotatable bonds is 8. The van der Waals surface area contributed by atoms with Gasteiger partial charge in [0.05, 0.1) is 20.3 Å². The Balaban J connectivity index is 0.00000300. The third-order valence-electron chi connectivity index (χ3n) is 4.19. The van der Waals surface area contributed by atoms with Crippen LogP contribution in [0.5, 0.6) is 23.0 Å². The van der Waals surface area contributed by atoms with Gasteiger partial charge in [0.25, 0.3) is 0 Å². The highest BCUT2D eigenvalue weighted by Crippen LogP contribution is 2.32. The predicted molar refractivity (Wildman–Crippen MR) is 124 cm³/mol. The Hall–Kier alpha value is -2.36. The largest absolute Gasteiger partial charge is 0.493 e. The minimum Gasteiger partial charge on any atom is -0.493 e. The van der Waals surface area contributed by atoms with Gasteiger partial charge in [-0.2, -0.15) is 0 Å². The van der Waals surface area contributed by atoms with Gasteiger partial charge in [-0.1, -0.05) is 12.1 Å². The van der Waals surface area contributed by atoms with Crippen molar-refractivity contribution >= 4 is 29.9 Å². The Morgan fingerprint density at radius 3 is 2.55 bits per heavy atom. The number of guanidine groups is 1. The van der Waals surface area contributed by atoms with E-state index in [-0.39, 0.29) is 30.8 Å². The van der Waals surface area contributed by atoms with E-state index >= 15 is 0 Å². The lowest BCUT2D eigenvalue weighted by atomic mass is 10.2. The average Bonchev–Trinajstić information content (AvgIpc) is 3.18. The maximum Gasteiger partial charge on any atom is 0.231 e. The third kappa shape index (κ3) is 6.31. The molecule has 7 nitrogen and oxygen atoms in total. The van der Waals surface area contributed by atoms with Crippen LogP contribution in [0.4, 0.5) is 0 Å². The van der Waals surface area contributed by atoms with E-state index in [4.69, 9.17) is 18.9 Å². The predicted octanol–water partition coefficient (Wildman–Crippen LogP) is 3.70. The van der Waals surface area contributed by atoms with Crippen LogP contribution in [0.3, 0.4) is 0 Å². The van der Waals surface area contributed by atoms with Crippen LogP contribution in [-0.4, -0.2) is 33.0 Å². The Morgan fingerprint density at radius 1 is 1.00 bits per heavy atom. The minimum atomic E-state index is 0. The molecule has 29 heavy (non-hydrogen) atoms. The molecule has 0 aromatic heterocycles. The van der Waals surface area contributed by atoms with Gasteiger partial charge in [0.2, 0.25) is 6.79 Å². The van der Waals surface area contributed by atoms with Crippen LogP contribution in [-0.2, 0) is 13.1 Å². The van der Waals surface area contributed by atoms with Crippen LogP contribution in [0.2, 0.25) is 0 Å². The van der Waals surface area contributed by atoms with E-state index in [1.807, 2.05) is 50.2 Å². The van der Waals surface area contributed by atoms with Gasteiger partial charge in [-0.3, -0.25) is 0 Å². The average molecular weight is 513 g/mol. The molecule has 0 atom stereocenters. The lowest BCUT2D eigenvalue weighted by molar-refractivity contribution is 0.174. The van der Waals surface area contributed by atoms with Crippen LogP contribution < -0.4 is 29.6 Å². The van der Waals surface area contributed by atoms with Gasteiger partial charge in [0, 0.05) is 13.1 Å². The lowest BCUT2D eigenvalue weighted by Crippen LogP contribution is -2.36. The van der Waals surface area contributed by atoms with E-state index in [0.717, 1.165) is 46.6 Å². The molecule has 0 fully saturated rings. The summed E-state index contributed by atoms with van der Waals surface area (Å²) in [6.07, 6.45) is 0. The van der Waals surface area contributed by atoms with Crippen molar-refractivity contribution in [1.29, 1.82) is 0 Å². The standard InChI is InChI=1S/C21H27N3O4.HI/c1-4-22-21(24-13-16-7-9-18-20(11-16)28-14-27-18)23-12-15-6-8-17(25-3)19(10-15)26-5-2;/h6-11H,4-5,12-14H2,1-3H3,(H2,22,23,24);1H. The van der Waals surface area contributed by atoms with Gasteiger partial charge in [0.15, 0.2) is 29.0 Å². The first-order valence-electron chi connectivity index (χ1n) is 9.44. The fourth-order valence-electron chi connectivity index (χ4n) is 2.84. The Kier molecular flexibility index (Phi) is 9.17. The highest BCUT2D eigenvalue weighted by atomic mass is 127.